The number of halogens is 2. The van der Waals surface area contributed by atoms with Crippen LogP contribution in [0.4, 0.5) is 19.7 Å². The third-order valence-electron chi connectivity index (χ3n) is 4.22. The summed E-state index contributed by atoms with van der Waals surface area (Å²) in [7, 11) is 0. The van der Waals surface area contributed by atoms with Crippen LogP contribution in [-0.2, 0) is 9.47 Å². The van der Waals surface area contributed by atoms with Crippen molar-refractivity contribution in [1.29, 1.82) is 0 Å². The van der Waals surface area contributed by atoms with E-state index in [4.69, 9.17) is 21.1 Å². The van der Waals surface area contributed by atoms with E-state index in [1.54, 1.807) is 13.8 Å². The first-order chi connectivity index (χ1) is 13.8. The fourth-order valence-electron chi connectivity index (χ4n) is 2.88. The Bertz CT molecular complexity index is 752. The zero-order chi connectivity index (χ0) is 21.4. The van der Waals surface area contributed by atoms with Gasteiger partial charge >= 0.3 is 18.1 Å². The second kappa shape index (κ2) is 10.8. The molecule has 1 fully saturated rings. The lowest BCUT2D eigenvalue weighted by molar-refractivity contribution is 0.0378. The molecule has 8 nitrogen and oxygen atoms in total. The van der Waals surface area contributed by atoms with E-state index < -0.39 is 30.0 Å². The molecule has 2 rings (SSSR count). The van der Waals surface area contributed by atoms with Gasteiger partial charge in [-0.2, -0.15) is 0 Å². The van der Waals surface area contributed by atoms with Crippen LogP contribution >= 0.6 is 11.6 Å². The maximum Gasteiger partial charge on any atom is 0.426 e. The average molecular weight is 430 g/mol. The van der Waals surface area contributed by atoms with Crippen LogP contribution in [0.2, 0.25) is 5.02 Å². The Labute approximate surface area is 173 Å². The van der Waals surface area contributed by atoms with Crippen LogP contribution in [0.1, 0.15) is 62.7 Å². The molecule has 0 bridgehead atoms. The Morgan fingerprint density at radius 1 is 1.10 bits per heavy atom. The fraction of sp³-hybridized carbons (Fsp3) is 0.526. The highest BCUT2D eigenvalue weighted by Gasteiger charge is 2.19. The Morgan fingerprint density at radius 2 is 1.76 bits per heavy atom. The highest BCUT2D eigenvalue weighted by atomic mass is 35.5. The summed E-state index contributed by atoms with van der Waals surface area (Å²) in [6.45, 7) is 3.31. The smallest absolute Gasteiger partial charge is 0.426 e. The van der Waals surface area contributed by atoms with Gasteiger partial charge in [-0.25, -0.2) is 29.6 Å². The van der Waals surface area contributed by atoms with Gasteiger partial charge in [-0.05, 0) is 51.7 Å². The number of hydrazine groups is 1. The van der Waals surface area contributed by atoms with Gasteiger partial charge in [-0.1, -0.05) is 24.4 Å². The molecule has 29 heavy (non-hydrogen) atoms. The van der Waals surface area contributed by atoms with Crippen molar-refractivity contribution in [1.82, 2.24) is 10.9 Å². The predicted octanol–water partition coefficient (Wildman–Crippen LogP) is 4.53. The van der Waals surface area contributed by atoms with Gasteiger partial charge in [0, 0.05) is 0 Å². The van der Waals surface area contributed by atoms with Crippen LogP contribution in [0.25, 0.3) is 0 Å². The summed E-state index contributed by atoms with van der Waals surface area (Å²) in [5, 5.41) is 2.04. The minimum absolute atomic E-state index is 0.0993. The summed E-state index contributed by atoms with van der Waals surface area (Å²) in [4.78, 5) is 35.8. The number of amides is 3. The van der Waals surface area contributed by atoms with E-state index in [1.165, 1.54) is 0 Å². The van der Waals surface area contributed by atoms with E-state index in [9.17, 15) is 18.8 Å². The second-order valence-electron chi connectivity index (χ2n) is 6.99. The van der Waals surface area contributed by atoms with Gasteiger partial charge in [0.25, 0.3) is 0 Å². The van der Waals surface area contributed by atoms with E-state index >= 15 is 0 Å². The molecule has 3 N–H and O–H groups in total. The minimum atomic E-state index is -0.924. The number of carbonyl (C=O) groups excluding carboxylic acids is 3. The summed E-state index contributed by atoms with van der Waals surface area (Å²) in [5.74, 6) is -1.61. The maximum absolute atomic E-state index is 14.1. The lowest BCUT2D eigenvalue weighted by Crippen LogP contribution is -2.45. The summed E-state index contributed by atoms with van der Waals surface area (Å²) in [5.41, 5.74) is 3.77. The molecule has 1 aliphatic rings. The van der Waals surface area contributed by atoms with Crippen LogP contribution < -0.4 is 16.2 Å². The first kappa shape index (κ1) is 22.7. The number of ether oxygens (including phenoxy) is 2. The SMILES string of the molecule is CC(C)OC(=O)c1cc(NC(=O)NNC(=O)OC2CCCCCC2)c(F)cc1Cl. The van der Waals surface area contributed by atoms with Crippen molar-refractivity contribution in [2.45, 2.75) is 64.6 Å². The van der Waals surface area contributed by atoms with Crippen molar-refractivity contribution in [2.75, 3.05) is 5.32 Å². The molecule has 0 radical (unpaired) electrons. The van der Waals surface area contributed by atoms with Crippen molar-refractivity contribution in [3.63, 3.8) is 0 Å². The molecule has 0 aromatic heterocycles. The highest BCUT2D eigenvalue weighted by molar-refractivity contribution is 6.33. The number of anilines is 1. The fourth-order valence-corrected chi connectivity index (χ4v) is 3.11. The molecule has 0 saturated heterocycles. The number of esters is 1. The van der Waals surface area contributed by atoms with Gasteiger partial charge in [-0.3, -0.25) is 0 Å². The number of urea groups is 1. The predicted molar refractivity (Wildman–Crippen MR) is 105 cm³/mol. The Kier molecular flexibility index (Phi) is 8.50. The number of rotatable bonds is 4. The van der Waals surface area contributed by atoms with Crippen LogP contribution in [-0.4, -0.2) is 30.3 Å². The molecule has 0 unspecified atom stereocenters. The molecule has 10 heteroatoms. The summed E-state index contributed by atoms with van der Waals surface area (Å²) >= 11 is 5.88. The molecule has 1 aromatic rings. The van der Waals surface area contributed by atoms with Crippen molar-refractivity contribution in [2.24, 2.45) is 0 Å². The number of hydrogen-bond donors (Lipinski definition) is 3. The number of carbonyl (C=O) groups is 3. The third kappa shape index (κ3) is 7.41. The highest BCUT2D eigenvalue weighted by Crippen LogP contribution is 2.25. The van der Waals surface area contributed by atoms with E-state index in [-0.39, 0.29) is 22.4 Å². The Morgan fingerprint density at radius 3 is 2.38 bits per heavy atom. The molecule has 0 aliphatic heterocycles. The summed E-state index contributed by atoms with van der Waals surface area (Å²) in [6, 6.07) is 1.03. The quantitative estimate of drug-likeness (QED) is 0.370. The van der Waals surface area contributed by atoms with Gasteiger partial charge < -0.3 is 14.8 Å². The van der Waals surface area contributed by atoms with Crippen molar-refractivity contribution >= 4 is 35.4 Å². The zero-order valence-corrected chi connectivity index (χ0v) is 17.1. The topological polar surface area (TPSA) is 106 Å². The summed E-state index contributed by atoms with van der Waals surface area (Å²) < 4.78 is 24.4. The molecule has 0 spiro atoms. The largest absolute Gasteiger partial charge is 0.459 e. The lowest BCUT2D eigenvalue weighted by Gasteiger charge is -2.16. The van der Waals surface area contributed by atoms with Crippen molar-refractivity contribution in [3.8, 4) is 0 Å². The van der Waals surface area contributed by atoms with Gasteiger partial charge in [0.15, 0.2) is 0 Å². The van der Waals surface area contributed by atoms with E-state index in [2.05, 4.69) is 16.2 Å². The molecule has 1 saturated carbocycles. The third-order valence-corrected chi connectivity index (χ3v) is 4.53. The van der Waals surface area contributed by atoms with Gasteiger partial charge in [0.1, 0.15) is 11.9 Å². The molecule has 1 aromatic carbocycles. The lowest BCUT2D eigenvalue weighted by atomic mass is 10.2. The van der Waals surface area contributed by atoms with Crippen LogP contribution in [0.5, 0.6) is 0 Å². The monoisotopic (exact) mass is 429 g/mol. The van der Waals surface area contributed by atoms with E-state index in [1.807, 2.05) is 0 Å². The maximum atomic E-state index is 14.1. The normalized spacial score (nSPS) is 14.7. The second-order valence-corrected chi connectivity index (χ2v) is 7.40. The van der Waals surface area contributed by atoms with Gasteiger partial charge in [0.2, 0.25) is 0 Å². The van der Waals surface area contributed by atoms with E-state index in [0.29, 0.717) is 0 Å². The standard InChI is InChI=1S/C19H25ClFN3O5/c1-11(2)28-17(25)13-9-16(15(21)10-14(13)20)22-18(26)23-24-19(27)29-12-7-5-3-4-6-8-12/h9-12H,3-8H2,1-2H3,(H,24,27)(H2,22,23,26). The number of hydrogen-bond acceptors (Lipinski definition) is 5. The van der Waals surface area contributed by atoms with Crippen molar-refractivity contribution in [3.05, 3.63) is 28.5 Å². The minimum Gasteiger partial charge on any atom is -0.459 e. The molecule has 0 heterocycles. The van der Waals surface area contributed by atoms with Crippen LogP contribution in [0.15, 0.2) is 12.1 Å². The first-order valence-corrected chi connectivity index (χ1v) is 9.87. The molecule has 160 valence electrons. The molecule has 3 amide bonds. The molecule has 0 atom stereocenters. The number of nitrogens with one attached hydrogen (secondary N) is 3. The van der Waals surface area contributed by atoms with Gasteiger partial charge in [-0.15, -0.1) is 0 Å². The first-order valence-electron chi connectivity index (χ1n) is 9.50. The van der Waals surface area contributed by atoms with Crippen molar-refractivity contribution < 1.29 is 28.2 Å². The molecular weight excluding hydrogens is 405 g/mol. The summed E-state index contributed by atoms with van der Waals surface area (Å²) in [6.07, 6.45) is 4.38. The average Bonchev–Trinajstić information content (AvgIpc) is 2.90. The zero-order valence-electron chi connectivity index (χ0n) is 16.3. The Hall–Kier alpha value is -2.55. The van der Waals surface area contributed by atoms with E-state index in [0.717, 1.165) is 50.7 Å². The Balaban J connectivity index is 1.90. The van der Waals surface area contributed by atoms with Crippen LogP contribution in [0, 0.1) is 5.82 Å². The van der Waals surface area contributed by atoms with Gasteiger partial charge in [0.05, 0.1) is 22.4 Å². The van der Waals surface area contributed by atoms with Crippen LogP contribution in [0.3, 0.4) is 0 Å². The number of benzene rings is 1. The molecular formula is C19H25ClFN3O5. The molecule has 1 aliphatic carbocycles.